The number of hydrogen-bond donors (Lipinski definition) is 0. The van der Waals surface area contributed by atoms with E-state index in [1.807, 2.05) is 6.92 Å². The summed E-state index contributed by atoms with van der Waals surface area (Å²) in [6.45, 7) is 1.95. The van der Waals surface area contributed by atoms with Gasteiger partial charge < -0.3 is 0 Å². The van der Waals surface area contributed by atoms with Crippen LogP contribution < -0.4 is 0 Å². The first-order valence-electron chi connectivity index (χ1n) is 4.82. The first-order chi connectivity index (χ1) is 6.08. The third kappa shape index (κ3) is 2.53. The molecule has 0 aromatic heterocycles. The maximum Gasteiger partial charge on any atom is 0.160 e. The van der Waals surface area contributed by atoms with Crippen molar-refractivity contribution in [2.45, 2.75) is 44.3 Å². The van der Waals surface area contributed by atoms with Gasteiger partial charge in [0.05, 0.1) is 5.75 Å². The Morgan fingerprint density at radius 3 is 2.62 bits per heavy atom. The summed E-state index contributed by atoms with van der Waals surface area (Å²) in [6, 6.07) is 0. The number of sulfone groups is 1. The Labute approximate surface area is 79.4 Å². The molecule has 13 heavy (non-hydrogen) atoms. The summed E-state index contributed by atoms with van der Waals surface area (Å²) >= 11 is 0. The van der Waals surface area contributed by atoms with E-state index < -0.39 is 15.1 Å². The Bertz CT molecular complexity index is 279. The largest absolute Gasteiger partial charge is 0.298 e. The predicted molar refractivity (Wildman–Crippen MR) is 51.3 cm³/mol. The molecule has 0 spiro atoms. The van der Waals surface area contributed by atoms with Crippen LogP contribution in [0, 0.1) is 0 Å². The lowest BCUT2D eigenvalue weighted by atomic mass is 10.3. The van der Waals surface area contributed by atoms with E-state index in [2.05, 4.69) is 0 Å². The van der Waals surface area contributed by atoms with Gasteiger partial charge in [-0.05, 0) is 19.3 Å². The molecule has 1 saturated carbocycles. The molecule has 0 bridgehead atoms. The van der Waals surface area contributed by atoms with Gasteiger partial charge in [0.2, 0.25) is 0 Å². The first kappa shape index (κ1) is 10.7. The third-order valence-electron chi connectivity index (χ3n) is 2.46. The van der Waals surface area contributed by atoms with Gasteiger partial charge in [0.25, 0.3) is 0 Å². The van der Waals surface area contributed by atoms with Crippen LogP contribution in [-0.4, -0.2) is 25.2 Å². The van der Waals surface area contributed by atoms with Crippen molar-refractivity contribution >= 4 is 15.6 Å². The van der Waals surface area contributed by atoms with E-state index in [1.54, 1.807) is 0 Å². The lowest BCUT2D eigenvalue weighted by Gasteiger charge is -2.08. The molecule has 0 N–H and O–H groups in total. The Kier molecular flexibility index (Phi) is 3.47. The molecule has 1 rings (SSSR count). The second-order valence-corrected chi connectivity index (χ2v) is 5.87. The minimum atomic E-state index is -3.12. The number of carbonyl (C=O) groups is 1. The second kappa shape index (κ2) is 4.22. The third-order valence-corrected chi connectivity index (χ3v) is 4.69. The first-order valence-corrected chi connectivity index (χ1v) is 6.53. The van der Waals surface area contributed by atoms with Crippen molar-refractivity contribution in [1.82, 2.24) is 0 Å². The fraction of sp³-hybridized carbons (Fsp3) is 0.889. The monoisotopic (exact) mass is 204 g/mol. The maximum absolute atomic E-state index is 11.6. The van der Waals surface area contributed by atoms with E-state index in [1.165, 1.54) is 0 Å². The van der Waals surface area contributed by atoms with Gasteiger partial charge in [0.1, 0.15) is 5.25 Å². The van der Waals surface area contributed by atoms with Crippen LogP contribution in [0.15, 0.2) is 0 Å². The highest BCUT2D eigenvalue weighted by atomic mass is 32.2. The van der Waals surface area contributed by atoms with Gasteiger partial charge in [-0.2, -0.15) is 0 Å². The van der Waals surface area contributed by atoms with Crippen LogP contribution in [0.1, 0.15) is 39.0 Å². The molecule has 76 valence electrons. The summed E-state index contributed by atoms with van der Waals surface area (Å²) in [5.41, 5.74) is 0. The molecule has 0 aliphatic heterocycles. The van der Waals surface area contributed by atoms with Crippen LogP contribution in [0.4, 0.5) is 0 Å². The number of rotatable bonds is 4. The molecule has 0 aromatic carbocycles. The number of Topliss-reactive ketones (excluding diaryl/α,β-unsaturated/α-hetero) is 1. The van der Waals surface area contributed by atoms with Crippen molar-refractivity contribution in [2.75, 3.05) is 5.75 Å². The van der Waals surface area contributed by atoms with Crippen molar-refractivity contribution in [1.29, 1.82) is 0 Å². The van der Waals surface area contributed by atoms with Crippen molar-refractivity contribution in [3.63, 3.8) is 0 Å². The van der Waals surface area contributed by atoms with Crippen LogP contribution in [0.25, 0.3) is 0 Å². The SMILES string of the molecule is CCCCS(=O)(=O)[C@@H]1CCCC1=O. The Morgan fingerprint density at radius 1 is 1.46 bits per heavy atom. The van der Waals surface area contributed by atoms with E-state index >= 15 is 0 Å². The lowest BCUT2D eigenvalue weighted by Crippen LogP contribution is -2.27. The van der Waals surface area contributed by atoms with Crippen molar-refractivity contribution < 1.29 is 13.2 Å². The van der Waals surface area contributed by atoms with Crippen molar-refractivity contribution in [3.8, 4) is 0 Å². The molecular formula is C9H16O3S. The number of unbranched alkanes of at least 4 members (excludes halogenated alkanes) is 1. The van der Waals surface area contributed by atoms with Crippen LogP contribution in [0.3, 0.4) is 0 Å². The normalized spacial score (nSPS) is 23.8. The van der Waals surface area contributed by atoms with Gasteiger partial charge in [0, 0.05) is 6.42 Å². The topological polar surface area (TPSA) is 51.2 Å². The van der Waals surface area contributed by atoms with Gasteiger partial charge in [-0.25, -0.2) is 8.42 Å². The Balaban J connectivity index is 2.63. The molecule has 0 amide bonds. The quantitative estimate of drug-likeness (QED) is 0.694. The molecule has 3 nitrogen and oxygen atoms in total. The highest BCUT2D eigenvalue weighted by Gasteiger charge is 2.35. The standard InChI is InChI=1S/C9H16O3S/c1-2-3-7-13(11,12)9-6-4-5-8(9)10/h9H,2-7H2,1H3/t9-/m1/s1. The summed E-state index contributed by atoms with van der Waals surface area (Å²) in [5.74, 6) is 0.107. The van der Waals surface area contributed by atoms with Gasteiger partial charge in [-0.3, -0.25) is 4.79 Å². The summed E-state index contributed by atoms with van der Waals surface area (Å²) in [4.78, 5) is 11.2. The maximum atomic E-state index is 11.6. The smallest absolute Gasteiger partial charge is 0.160 e. The molecule has 4 heteroatoms. The van der Waals surface area contributed by atoms with Gasteiger partial charge in [-0.15, -0.1) is 0 Å². The van der Waals surface area contributed by atoms with E-state index in [-0.39, 0.29) is 11.5 Å². The minimum Gasteiger partial charge on any atom is -0.298 e. The second-order valence-electron chi connectivity index (χ2n) is 3.57. The highest BCUT2D eigenvalue weighted by Crippen LogP contribution is 2.22. The van der Waals surface area contributed by atoms with E-state index in [0.29, 0.717) is 19.3 Å². The van der Waals surface area contributed by atoms with Gasteiger partial charge in [-0.1, -0.05) is 13.3 Å². The molecule has 1 fully saturated rings. The van der Waals surface area contributed by atoms with Gasteiger partial charge >= 0.3 is 0 Å². The van der Waals surface area contributed by atoms with Crippen molar-refractivity contribution in [3.05, 3.63) is 0 Å². The van der Waals surface area contributed by atoms with Crippen LogP contribution in [0.2, 0.25) is 0 Å². The summed E-state index contributed by atoms with van der Waals surface area (Å²) in [5, 5.41) is -0.668. The predicted octanol–water partition coefficient (Wildman–Crippen LogP) is 1.32. The van der Waals surface area contributed by atoms with E-state index in [9.17, 15) is 13.2 Å². The number of carbonyl (C=O) groups excluding carboxylic acids is 1. The summed E-state index contributed by atoms with van der Waals surface area (Å²) in [6.07, 6.45) is 3.28. The molecule has 0 radical (unpaired) electrons. The molecule has 0 saturated heterocycles. The number of hydrogen-bond acceptors (Lipinski definition) is 3. The van der Waals surface area contributed by atoms with Crippen LogP contribution in [-0.2, 0) is 14.6 Å². The zero-order valence-electron chi connectivity index (χ0n) is 7.95. The zero-order chi connectivity index (χ0) is 9.90. The fourth-order valence-corrected chi connectivity index (χ4v) is 3.67. The summed E-state index contributed by atoms with van der Waals surface area (Å²) in [7, 11) is -3.12. The lowest BCUT2D eigenvalue weighted by molar-refractivity contribution is -0.117. The van der Waals surface area contributed by atoms with Crippen LogP contribution >= 0.6 is 0 Å². The summed E-state index contributed by atoms with van der Waals surface area (Å²) < 4.78 is 23.2. The van der Waals surface area contributed by atoms with E-state index in [0.717, 1.165) is 12.8 Å². The Hall–Kier alpha value is -0.380. The number of ketones is 1. The minimum absolute atomic E-state index is 0.0731. The molecular weight excluding hydrogens is 188 g/mol. The van der Waals surface area contributed by atoms with E-state index in [4.69, 9.17) is 0 Å². The average molecular weight is 204 g/mol. The van der Waals surface area contributed by atoms with Gasteiger partial charge in [0.15, 0.2) is 15.6 Å². The molecule has 0 unspecified atom stereocenters. The molecule has 0 heterocycles. The Morgan fingerprint density at radius 2 is 2.15 bits per heavy atom. The molecule has 1 aliphatic carbocycles. The van der Waals surface area contributed by atoms with Crippen LogP contribution in [0.5, 0.6) is 0 Å². The fourth-order valence-electron chi connectivity index (χ4n) is 1.65. The molecule has 1 aliphatic rings. The highest BCUT2D eigenvalue weighted by molar-refractivity contribution is 7.92. The molecule has 1 atom stereocenters. The molecule has 0 aromatic rings. The zero-order valence-corrected chi connectivity index (χ0v) is 8.77. The average Bonchev–Trinajstić information content (AvgIpc) is 2.48. The van der Waals surface area contributed by atoms with Crippen molar-refractivity contribution in [2.24, 2.45) is 0 Å².